The number of hydrogen-bond donors (Lipinski definition) is 2. The van der Waals surface area contributed by atoms with Gasteiger partial charge in [0.1, 0.15) is 0 Å². The zero-order chi connectivity index (χ0) is 19.6. The van der Waals surface area contributed by atoms with E-state index >= 15 is 0 Å². The van der Waals surface area contributed by atoms with Crippen molar-refractivity contribution < 1.29 is 14.5 Å². The zero-order valence-corrected chi connectivity index (χ0v) is 15.5. The third-order valence-corrected chi connectivity index (χ3v) is 4.50. The van der Waals surface area contributed by atoms with Crippen molar-refractivity contribution in [1.82, 2.24) is 10.6 Å². The first kappa shape index (κ1) is 18.5. The summed E-state index contributed by atoms with van der Waals surface area (Å²) in [5.74, 6) is -0.0315. The minimum absolute atomic E-state index is 0.150. The molecule has 0 bridgehead atoms. The number of thiocarbonyl (C=S) groups is 1. The summed E-state index contributed by atoms with van der Waals surface area (Å²) >= 11 is 5.22. The van der Waals surface area contributed by atoms with Crippen LogP contribution in [-0.4, -0.2) is 22.9 Å². The second-order valence-corrected chi connectivity index (χ2v) is 6.36. The smallest absolute Gasteiger partial charge is 0.311 e. The first-order valence-corrected chi connectivity index (χ1v) is 8.53. The van der Waals surface area contributed by atoms with Crippen LogP contribution in [0.1, 0.15) is 28.9 Å². The molecule has 0 radical (unpaired) electrons. The Hall–Kier alpha value is -3.26. The van der Waals surface area contributed by atoms with E-state index in [4.69, 9.17) is 17.0 Å². The molecule has 1 aliphatic rings. The fraction of sp³-hybridized carbons (Fsp3) is 0.158. The minimum Gasteiger partial charge on any atom is -0.490 e. The highest BCUT2D eigenvalue weighted by atomic mass is 32.1. The monoisotopic (exact) mass is 383 g/mol. The zero-order valence-electron chi connectivity index (χ0n) is 14.7. The number of methoxy groups -OCH3 is 1. The summed E-state index contributed by atoms with van der Waals surface area (Å²) in [6.45, 7) is 1.76. The quantitative estimate of drug-likeness (QED) is 0.354. The summed E-state index contributed by atoms with van der Waals surface area (Å²) in [7, 11) is 1.37. The molecule has 7 nitrogen and oxygen atoms in total. The molecule has 8 heteroatoms. The third-order valence-electron chi connectivity index (χ3n) is 4.28. The van der Waals surface area contributed by atoms with Crippen LogP contribution in [0, 0.1) is 10.1 Å². The highest BCUT2D eigenvalue weighted by Crippen LogP contribution is 2.35. The molecule has 2 N–H and O–H groups in total. The Labute approximate surface area is 161 Å². The molecule has 0 spiro atoms. The lowest BCUT2D eigenvalue weighted by atomic mass is 9.89. The topological polar surface area (TPSA) is 93.5 Å². The van der Waals surface area contributed by atoms with E-state index in [2.05, 4.69) is 10.6 Å². The Balaban J connectivity index is 2.11. The fourth-order valence-corrected chi connectivity index (χ4v) is 3.29. The van der Waals surface area contributed by atoms with Gasteiger partial charge in [0.15, 0.2) is 16.6 Å². The van der Waals surface area contributed by atoms with Gasteiger partial charge in [-0.15, -0.1) is 0 Å². The molecule has 2 aromatic carbocycles. The lowest BCUT2D eigenvalue weighted by molar-refractivity contribution is -0.385. The summed E-state index contributed by atoms with van der Waals surface area (Å²) in [4.78, 5) is 24.0. The molecule has 0 saturated carbocycles. The van der Waals surface area contributed by atoms with Crippen molar-refractivity contribution in [3.05, 3.63) is 81.0 Å². The van der Waals surface area contributed by atoms with Gasteiger partial charge < -0.3 is 15.4 Å². The van der Waals surface area contributed by atoms with E-state index in [1.54, 1.807) is 37.3 Å². The van der Waals surface area contributed by atoms with E-state index in [0.717, 1.165) is 0 Å². The molecule has 138 valence electrons. The first-order chi connectivity index (χ1) is 12.9. The number of ketones is 1. The van der Waals surface area contributed by atoms with Gasteiger partial charge in [-0.2, -0.15) is 0 Å². The molecular weight excluding hydrogens is 366 g/mol. The summed E-state index contributed by atoms with van der Waals surface area (Å²) in [5, 5.41) is 17.7. The highest BCUT2D eigenvalue weighted by molar-refractivity contribution is 7.80. The average molecular weight is 383 g/mol. The molecule has 2 aromatic rings. The molecule has 3 rings (SSSR count). The van der Waals surface area contributed by atoms with E-state index < -0.39 is 11.0 Å². The Bertz CT molecular complexity index is 957. The number of nitro benzene ring substituents is 1. The van der Waals surface area contributed by atoms with Gasteiger partial charge in [0.25, 0.3) is 0 Å². The van der Waals surface area contributed by atoms with E-state index in [1.165, 1.54) is 19.2 Å². The normalized spacial score (nSPS) is 16.4. The van der Waals surface area contributed by atoms with E-state index in [9.17, 15) is 14.9 Å². The number of carbonyl (C=O) groups excluding carboxylic acids is 1. The number of allylic oxidation sites excluding steroid dienone is 1. The van der Waals surface area contributed by atoms with Crippen molar-refractivity contribution in [3.8, 4) is 5.75 Å². The molecule has 1 heterocycles. The maximum absolute atomic E-state index is 13.1. The van der Waals surface area contributed by atoms with Crippen LogP contribution >= 0.6 is 12.2 Å². The number of Topliss-reactive ketones (excluding diaryl/α,β-unsaturated/α-hetero) is 1. The van der Waals surface area contributed by atoms with Crippen molar-refractivity contribution in [3.63, 3.8) is 0 Å². The number of hydrogen-bond acceptors (Lipinski definition) is 5. The molecule has 1 unspecified atom stereocenters. The van der Waals surface area contributed by atoms with Crippen LogP contribution in [0.4, 0.5) is 5.69 Å². The minimum atomic E-state index is -0.615. The van der Waals surface area contributed by atoms with Crippen LogP contribution in [0.2, 0.25) is 0 Å². The number of rotatable bonds is 5. The second kappa shape index (κ2) is 7.55. The molecule has 0 aliphatic carbocycles. The standard InChI is InChI=1S/C19H17N3O4S/c1-11-16(18(23)12-6-4-3-5-7-12)17(21-19(27)20-11)13-8-9-15(26-2)14(10-13)22(24)25/h3-10,17H,1-2H3,(H2,20,21,27). The van der Waals surface area contributed by atoms with Crippen molar-refractivity contribution in [1.29, 1.82) is 0 Å². The van der Waals surface area contributed by atoms with Gasteiger partial charge in [-0.3, -0.25) is 14.9 Å². The summed E-state index contributed by atoms with van der Waals surface area (Å²) in [6.07, 6.45) is 0. The molecule has 1 aliphatic heterocycles. The van der Waals surface area contributed by atoms with Gasteiger partial charge in [0, 0.05) is 22.9 Å². The van der Waals surface area contributed by atoms with E-state index in [1.807, 2.05) is 6.07 Å². The van der Waals surface area contributed by atoms with Gasteiger partial charge in [-0.25, -0.2) is 0 Å². The average Bonchev–Trinajstić information content (AvgIpc) is 2.67. The molecule has 1 atom stereocenters. The lowest BCUT2D eigenvalue weighted by Gasteiger charge is -2.30. The SMILES string of the molecule is COc1ccc(C2NC(=S)NC(C)=C2C(=O)c2ccccc2)cc1[N+](=O)[O-]. The van der Waals surface area contributed by atoms with Crippen molar-refractivity contribution in [2.24, 2.45) is 0 Å². The maximum atomic E-state index is 13.1. The first-order valence-electron chi connectivity index (χ1n) is 8.12. The van der Waals surface area contributed by atoms with Crippen molar-refractivity contribution >= 4 is 28.8 Å². The molecular formula is C19H17N3O4S. The lowest BCUT2D eigenvalue weighted by Crippen LogP contribution is -2.44. The number of benzene rings is 2. The van der Waals surface area contributed by atoms with E-state index in [-0.39, 0.29) is 17.2 Å². The number of nitrogens with one attached hydrogen (secondary N) is 2. The molecule has 27 heavy (non-hydrogen) atoms. The Morgan fingerprint density at radius 3 is 2.56 bits per heavy atom. The number of ether oxygens (including phenoxy) is 1. The van der Waals surface area contributed by atoms with Gasteiger partial charge in [-0.05, 0) is 30.8 Å². The second-order valence-electron chi connectivity index (χ2n) is 5.95. The highest BCUT2D eigenvalue weighted by Gasteiger charge is 2.31. The molecule has 0 saturated heterocycles. The van der Waals surface area contributed by atoms with Crippen LogP contribution in [0.15, 0.2) is 59.8 Å². The van der Waals surface area contributed by atoms with Crippen LogP contribution < -0.4 is 15.4 Å². The molecule has 0 fully saturated rings. The van der Waals surface area contributed by atoms with Crippen LogP contribution in [-0.2, 0) is 0 Å². The van der Waals surface area contributed by atoms with Crippen LogP contribution in [0.5, 0.6) is 5.75 Å². The van der Waals surface area contributed by atoms with E-state index in [0.29, 0.717) is 27.5 Å². The van der Waals surface area contributed by atoms with Crippen molar-refractivity contribution in [2.45, 2.75) is 13.0 Å². The van der Waals surface area contributed by atoms with Gasteiger partial charge >= 0.3 is 5.69 Å². The van der Waals surface area contributed by atoms with Crippen LogP contribution in [0.3, 0.4) is 0 Å². The van der Waals surface area contributed by atoms with Crippen molar-refractivity contribution in [2.75, 3.05) is 7.11 Å². The van der Waals surface area contributed by atoms with Gasteiger partial charge in [0.05, 0.1) is 18.1 Å². The third kappa shape index (κ3) is 3.65. The predicted octanol–water partition coefficient (Wildman–Crippen LogP) is 3.28. The summed E-state index contributed by atoms with van der Waals surface area (Å²) in [6, 6.07) is 12.8. The number of nitrogens with zero attached hydrogens (tertiary/aromatic N) is 1. The Kier molecular flexibility index (Phi) is 5.18. The predicted molar refractivity (Wildman–Crippen MR) is 105 cm³/mol. The largest absolute Gasteiger partial charge is 0.490 e. The van der Waals surface area contributed by atoms with Crippen LogP contribution in [0.25, 0.3) is 0 Å². The number of nitro groups is 1. The van der Waals surface area contributed by atoms with Gasteiger partial charge in [-0.1, -0.05) is 36.4 Å². The summed E-state index contributed by atoms with van der Waals surface area (Å²) < 4.78 is 5.06. The Morgan fingerprint density at radius 2 is 1.93 bits per heavy atom. The molecule has 0 amide bonds. The molecule has 0 aromatic heterocycles. The maximum Gasteiger partial charge on any atom is 0.311 e. The number of carbonyl (C=O) groups is 1. The Morgan fingerprint density at radius 1 is 1.22 bits per heavy atom. The fourth-order valence-electron chi connectivity index (χ4n) is 3.02. The summed E-state index contributed by atoms with van der Waals surface area (Å²) in [5.41, 5.74) is 1.96. The van der Waals surface area contributed by atoms with Gasteiger partial charge in [0.2, 0.25) is 0 Å².